The Morgan fingerprint density at radius 1 is 1.38 bits per heavy atom. The summed E-state index contributed by atoms with van der Waals surface area (Å²) in [5, 5.41) is 0.942. The van der Waals surface area contributed by atoms with Gasteiger partial charge in [0, 0.05) is 30.6 Å². The Labute approximate surface area is 185 Å². The molecule has 0 aliphatic carbocycles. The number of halogens is 1. The summed E-state index contributed by atoms with van der Waals surface area (Å²) in [6.45, 7) is 8.62. The molecule has 1 fully saturated rings. The minimum absolute atomic E-state index is 0.141. The minimum Gasteiger partial charge on any atom is -0.497 e. The van der Waals surface area contributed by atoms with Gasteiger partial charge in [-0.15, -0.1) is 18.2 Å². The fourth-order valence-corrected chi connectivity index (χ4v) is 4.03. The number of pyridine rings is 1. The maximum absolute atomic E-state index is 12.0. The van der Waals surface area contributed by atoms with Crippen molar-refractivity contribution >= 4 is 40.4 Å². The number of benzene rings is 1. The fourth-order valence-electron chi connectivity index (χ4n) is 3.77. The molecule has 4 nitrogen and oxygen atoms in total. The molecule has 1 amide bonds. The van der Waals surface area contributed by atoms with Gasteiger partial charge in [-0.05, 0) is 61.4 Å². The predicted octanol–water partition coefficient (Wildman–Crippen LogP) is 6.37. The number of likely N-dealkylation sites (tertiary alicyclic amines) is 1. The highest BCUT2D eigenvalue weighted by molar-refractivity contribution is 7.96. The van der Waals surface area contributed by atoms with E-state index in [0.29, 0.717) is 5.92 Å². The Bertz CT molecular complexity index is 785. The summed E-state index contributed by atoms with van der Waals surface area (Å²) < 4.78 is 5.36. The van der Waals surface area contributed by atoms with Gasteiger partial charge in [0.15, 0.2) is 0 Å². The number of carbonyl (C=O) groups is 1. The first-order valence-electron chi connectivity index (χ1n) is 10.0. The van der Waals surface area contributed by atoms with Crippen molar-refractivity contribution in [2.75, 3.05) is 20.0 Å². The van der Waals surface area contributed by atoms with E-state index in [2.05, 4.69) is 35.8 Å². The molecule has 1 saturated heterocycles. The number of carbonyl (C=O) groups excluding carboxylic acids is 1. The van der Waals surface area contributed by atoms with E-state index in [1.165, 1.54) is 11.9 Å². The lowest BCUT2D eigenvalue weighted by Gasteiger charge is -2.38. The number of nitrogens with zero attached hydrogens (tertiary/aromatic N) is 2. The van der Waals surface area contributed by atoms with E-state index in [4.69, 9.17) is 4.74 Å². The number of fused-ring (bicyclic) bond motifs is 1. The molecule has 2 heterocycles. The molecule has 2 aromatic rings. The second kappa shape index (κ2) is 13.5. The van der Waals surface area contributed by atoms with Crippen LogP contribution in [0.3, 0.4) is 0 Å². The number of alkyl halides is 1. The molecule has 1 aromatic carbocycles. The molecule has 0 spiro atoms. The van der Waals surface area contributed by atoms with Gasteiger partial charge >= 0.3 is 0 Å². The summed E-state index contributed by atoms with van der Waals surface area (Å²) in [5.74, 6) is 1.39. The smallest absolute Gasteiger partial charge is 0.278 e. The monoisotopic (exact) mass is 436 g/mol. The minimum atomic E-state index is -0.141. The number of hydrogen-bond donors (Lipinski definition) is 1. The van der Waals surface area contributed by atoms with Gasteiger partial charge in [0.1, 0.15) is 5.75 Å². The van der Waals surface area contributed by atoms with Gasteiger partial charge in [-0.2, -0.15) is 0 Å². The van der Waals surface area contributed by atoms with Crippen molar-refractivity contribution in [2.45, 2.75) is 45.6 Å². The average Bonchev–Trinajstić information content (AvgIpc) is 2.77. The largest absolute Gasteiger partial charge is 0.497 e. The third-order valence-electron chi connectivity index (χ3n) is 5.06. The highest BCUT2D eigenvalue weighted by Gasteiger charge is 2.30. The highest BCUT2D eigenvalue weighted by Crippen LogP contribution is 2.31. The lowest BCUT2D eigenvalue weighted by molar-refractivity contribution is 0.145. The zero-order valence-corrected chi connectivity index (χ0v) is 19.5. The highest BCUT2D eigenvalue weighted by atomic mass is 35.5. The quantitative estimate of drug-likeness (QED) is 0.336. The van der Waals surface area contributed by atoms with Gasteiger partial charge in [0.25, 0.3) is 5.24 Å². The molecule has 160 valence electrons. The third-order valence-corrected chi connectivity index (χ3v) is 5.32. The average molecular weight is 437 g/mol. The molecule has 1 aliphatic rings. The van der Waals surface area contributed by atoms with E-state index in [1.807, 2.05) is 55.3 Å². The number of hydrogen-bond acceptors (Lipinski definition) is 3. The predicted molar refractivity (Wildman–Crippen MR) is 128 cm³/mol. The summed E-state index contributed by atoms with van der Waals surface area (Å²) in [6.07, 6.45) is 9.07. The van der Waals surface area contributed by atoms with Crippen molar-refractivity contribution in [2.24, 2.45) is 5.92 Å². The van der Waals surface area contributed by atoms with Gasteiger partial charge < -0.3 is 9.64 Å². The number of piperidine rings is 1. The molecule has 1 aromatic heterocycles. The van der Waals surface area contributed by atoms with E-state index >= 15 is 0 Å². The molecular formula is C23H33ClN2O2S. The van der Waals surface area contributed by atoms with Crippen molar-refractivity contribution in [1.29, 1.82) is 0 Å². The zero-order valence-electron chi connectivity index (χ0n) is 17.9. The molecule has 0 N–H and O–H groups in total. The maximum atomic E-state index is 12.0. The molecule has 0 bridgehead atoms. The van der Waals surface area contributed by atoms with E-state index < -0.39 is 0 Å². The SMILES string of the molecule is C=CCC1CCN(C(=O)S)C(Cc2ccnc3ccc(OC)cc23)C1.CC.CCl. The fraction of sp³-hybridized carbons (Fsp3) is 0.478. The molecule has 0 saturated carbocycles. The summed E-state index contributed by atoms with van der Waals surface area (Å²) in [4.78, 5) is 18.3. The Kier molecular flexibility index (Phi) is 11.8. The number of methoxy groups -OCH3 is 1. The van der Waals surface area contributed by atoms with Crippen LogP contribution in [-0.4, -0.2) is 41.2 Å². The number of ether oxygens (including phenoxy) is 1. The molecule has 29 heavy (non-hydrogen) atoms. The number of amides is 1. The second-order valence-electron chi connectivity index (χ2n) is 6.60. The Morgan fingerprint density at radius 3 is 2.72 bits per heavy atom. The van der Waals surface area contributed by atoms with Gasteiger partial charge in [-0.1, -0.05) is 32.6 Å². The number of thiol groups is 1. The molecule has 3 rings (SSSR count). The first-order valence-corrected chi connectivity index (χ1v) is 11.2. The Balaban J connectivity index is 0.000000989. The van der Waals surface area contributed by atoms with Crippen LogP contribution in [0.2, 0.25) is 0 Å². The lowest BCUT2D eigenvalue weighted by Crippen LogP contribution is -2.45. The second-order valence-corrected chi connectivity index (χ2v) is 6.98. The number of allylic oxidation sites excluding steroid dienone is 1. The maximum Gasteiger partial charge on any atom is 0.278 e. The number of rotatable bonds is 5. The first kappa shape index (κ1) is 25.3. The van der Waals surface area contributed by atoms with Gasteiger partial charge in [0.2, 0.25) is 0 Å². The van der Waals surface area contributed by atoms with E-state index in [1.54, 1.807) is 7.11 Å². The Morgan fingerprint density at radius 2 is 2.10 bits per heavy atom. The van der Waals surface area contributed by atoms with Crippen molar-refractivity contribution in [3.63, 3.8) is 0 Å². The van der Waals surface area contributed by atoms with Gasteiger partial charge in [0.05, 0.1) is 12.6 Å². The van der Waals surface area contributed by atoms with Crippen molar-refractivity contribution < 1.29 is 9.53 Å². The normalized spacial score (nSPS) is 18.1. The standard InChI is InChI=1S/C20H24N2O2S.C2H6.CH3Cl/c1-3-4-14-8-10-22(20(23)25)16(11-14)12-15-7-9-21-19-6-5-17(24-2)13-18(15)19;2*1-2/h3,5-7,9,13-14,16H,1,4,8,10-12H2,2H3,(H,23,25);1-2H3;1H3. The summed E-state index contributed by atoms with van der Waals surface area (Å²) in [6, 6.07) is 8.11. The number of aromatic nitrogens is 1. The van der Waals surface area contributed by atoms with E-state index in [0.717, 1.165) is 48.9 Å². The summed E-state index contributed by atoms with van der Waals surface area (Å²) >= 11 is 8.73. The van der Waals surface area contributed by atoms with Gasteiger partial charge in [-0.25, -0.2) is 0 Å². The van der Waals surface area contributed by atoms with Crippen LogP contribution in [0.5, 0.6) is 5.75 Å². The molecule has 2 atom stereocenters. The zero-order chi connectivity index (χ0) is 21.8. The molecule has 1 aliphatic heterocycles. The van der Waals surface area contributed by atoms with Crippen molar-refractivity contribution in [3.05, 3.63) is 48.7 Å². The van der Waals surface area contributed by atoms with Crippen LogP contribution in [0.4, 0.5) is 4.79 Å². The van der Waals surface area contributed by atoms with Crippen molar-refractivity contribution in [3.8, 4) is 5.75 Å². The molecular weight excluding hydrogens is 404 g/mol. The van der Waals surface area contributed by atoms with Crippen molar-refractivity contribution in [1.82, 2.24) is 9.88 Å². The van der Waals surface area contributed by atoms with Crippen LogP contribution in [0.1, 0.15) is 38.7 Å². The van der Waals surface area contributed by atoms with Crippen LogP contribution in [0.15, 0.2) is 43.1 Å². The third kappa shape index (κ3) is 6.93. The van der Waals surface area contributed by atoms with Gasteiger partial charge in [-0.3, -0.25) is 9.78 Å². The van der Waals surface area contributed by atoms with Crippen LogP contribution in [0.25, 0.3) is 10.9 Å². The van der Waals surface area contributed by atoms with E-state index in [9.17, 15) is 4.79 Å². The topological polar surface area (TPSA) is 42.4 Å². The van der Waals surface area contributed by atoms with E-state index in [-0.39, 0.29) is 11.3 Å². The van der Waals surface area contributed by atoms with Crippen LogP contribution < -0.4 is 4.74 Å². The van der Waals surface area contributed by atoms with Crippen LogP contribution >= 0.6 is 24.2 Å². The molecule has 6 heteroatoms. The first-order chi connectivity index (χ1) is 14.1. The van der Waals surface area contributed by atoms with Crippen LogP contribution in [-0.2, 0) is 6.42 Å². The summed E-state index contributed by atoms with van der Waals surface area (Å²) in [7, 11) is 1.67. The molecule has 0 radical (unpaired) electrons. The molecule has 2 unspecified atom stereocenters. The lowest BCUT2D eigenvalue weighted by atomic mass is 9.85. The summed E-state index contributed by atoms with van der Waals surface area (Å²) in [5.41, 5.74) is 2.13. The van der Waals surface area contributed by atoms with Crippen LogP contribution in [0, 0.1) is 5.92 Å². The Hall–Kier alpha value is -1.72.